The average molecular weight is 889 g/mol. The Hall–Kier alpha value is -2.85. The van der Waals surface area contributed by atoms with Crippen LogP contribution < -0.4 is 0 Å². The van der Waals surface area contributed by atoms with Gasteiger partial charge >= 0.3 is 59.3 Å². The van der Waals surface area contributed by atoms with Gasteiger partial charge in [0.1, 0.15) is 18.3 Å². The van der Waals surface area contributed by atoms with Gasteiger partial charge in [0.2, 0.25) is 0 Å². The molecule has 330 valence electrons. The summed E-state index contributed by atoms with van der Waals surface area (Å²) in [4.78, 5) is 105. The maximum Gasteiger partial charge on any atom is 0.473 e. The van der Waals surface area contributed by atoms with Crippen LogP contribution in [0, 0.1) is 0 Å². The molecule has 0 amide bonds. The molecule has 3 unspecified atom stereocenters. The van der Waals surface area contributed by atoms with Crippen LogP contribution in [0.5, 0.6) is 0 Å². The maximum atomic E-state index is 13.3. The van der Waals surface area contributed by atoms with E-state index in [0.29, 0.717) is 38.5 Å². The van der Waals surface area contributed by atoms with Crippen LogP contribution in [0.15, 0.2) is 0 Å². The molecular formula is C30H51O24P3. The summed E-state index contributed by atoms with van der Waals surface area (Å²) in [5.74, 6) is -8.88. The van der Waals surface area contributed by atoms with Gasteiger partial charge in [-0.15, -0.1) is 0 Å². The fraction of sp³-hybridized carbons (Fsp3) is 0.800. The van der Waals surface area contributed by atoms with Gasteiger partial charge in [0.15, 0.2) is 38.1 Å². The molecule has 24 nitrogen and oxygen atoms in total. The Balaban J connectivity index is 4.27. The number of hydrogen-bond acceptors (Lipinski definition) is 18. The molecule has 0 bridgehead atoms. The van der Waals surface area contributed by atoms with Crippen molar-refractivity contribution in [1.29, 1.82) is 0 Å². The Bertz CT molecular complexity index is 1410. The van der Waals surface area contributed by atoms with Gasteiger partial charge in [0.25, 0.3) is 0 Å². The second-order valence-corrected chi connectivity index (χ2v) is 16.6. The van der Waals surface area contributed by atoms with Crippen molar-refractivity contribution >= 4 is 59.3 Å². The highest BCUT2D eigenvalue weighted by molar-refractivity contribution is 7.48. The van der Waals surface area contributed by atoms with Crippen LogP contribution in [0.25, 0.3) is 0 Å². The molecule has 1 aliphatic rings. The Morgan fingerprint density at radius 1 is 0.421 bits per heavy atom. The lowest BCUT2D eigenvalue weighted by molar-refractivity contribution is -0.241. The summed E-state index contributed by atoms with van der Waals surface area (Å²) in [6.45, 7) is 0.773. The molecule has 0 aromatic heterocycles. The second kappa shape index (κ2) is 25.6. The summed E-state index contributed by atoms with van der Waals surface area (Å²) < 4.78 is 85.0. The summed E-state index contributed by atoms with van der Waals surface area (Å²) in [6, 6.07) is 0. The van der Waals surface area contributed by atoms with Gasteiger partial charge in [-0.25, -0.2) is 28.1 Å². The fourth-order valence-corrected chi connectivity index (χ4v) is 7.68. The quantitative estimate of drug-likeness (QED) is 0.0261. The van der Waals surface area contributed by atoms with Crippen molar-refractivity contribution in [3.05, 3.63) is 0 Å². The molecule has 0 saturated heterocycles. The molecule has 9 atom stereocenters. The van der Waals surface area contributed by atoms with E-state index < -0.39 is 116 Å². The van der Waals surface area contributed by atoms with Crippen LogP contribution in [-0.4, -0.2) is 122 Å². The van der Waals surface area contributed by atoms with Gasteiger partial charge in [-0.2, -0.15) is 0 Å². The number of aliphatic carboxylic acids is 3. The Kier molecular flexibility index (Phi) is 23.4. The van der Waals surface area contributed by atoms with Crippen LogP contribution in [0.2, 0.25) is 0 Å². The van der Waals surface area contributed by atoms with E-state index in [2.05, 4.69) is 13.6 Å². The molecule has 27 heteroatoms. The first kappa shape index (κ1) is 52.2. The van der Waals surface area contributed by atoms with Crippen LogP contribution in [0.1, 0.15) is 97.8 Å². The molecular weight excluding hydrogens is 837 g/mol. The zero-order valence-corrected chi connectivity index (χ0v) is 34.1. The highest BCUT2D eigenvalue weighted by atomic mass is 31.2. The van der Waals surface area contributed by atoms with Crippen molar-refractivity contribution in [3.8, 4) is 0 Å². The molecule has 1 fully saturated rings. The summed E-state index contributed by atoms with van der Waals surface area (Å²) in [5.41, 5.74) is 0. The van der Waals surface area contributed by atoms with Crippen molar-refractivity contribution in [2.75, 3.05) is 19.8 Å². The number of esters is 3. The first-order valence-corrected chi connectivity index (χ1v) is 22.3. The molecule has 0 heterocycles. The fourth-order valence-electron chi connectivity index (χ4n) is 5.04. The van der Waals surface area contributed by atoms with Gasteiger partial charge in [0, 0.05) is 19.3 Å². The predicted molar refractivity (Wildman–Crippen MR) is 187 cm³/mol. The summed E-state index contributed by atoms with van der Waals surface area (Å²) in [6.07, 6.45) is -12.6. The average Bonchev–Trinajstić information content (AvgIpc) is 3.10. The lowest BCUT2D eigenvalue weighted by atomic mass is 9.84. The normalized spacial score (nSPS) is 23.9. The number of rotatable bonds is 30. The van der Waals surface area contributed by atoms with Gasteiger partial charge in [-0.3, -0.25) is 41.5 Å². The second-order valence-electron chi connectivity index (χ2n) is 12.4. The van der Waals surface area contributed by atoms with Gasteiger partial charge in [-0.05, 0) is 19.3 Å². The molecule has 0 radical (unpaired) electrons. The van der Waals surface area contributed by atoms with Crippen LogP contribution in [0.4, 0.5) is 0 Å². The highest BCUT2D eigenvalue weighted by Crippen LogP contribution is 2.55. The molecule has 57 heavy (non-hydrogen) atoms. The maximum absolute atomic E-state index is 13.3. The number of hydrogen-bond donors (Lipinski definition) is 6. The van der Waals surface area contributed by atoms with Gasteiger partial charge in [-0.1, -0.05) is 59.3 Å². The highest BCUT2D eigenvalue weighted by Gasteiger charge is 2.62. The Morgan fingerprint density at radius 2 is 0.649 bits per heavy atom. The van der Waals surface area contributed by atoms with E-state index >= 15 is 0 Å². The molecule has 1 rings (SSSR count). The standard InChI is InChI=1S/C30H51O24P3/c1-4-7-10-13-22(37)49-25-26(50-23(38)14-11-8-5-2)28(52-55(40,41)46-16-19(31)32)30(54-57(44,45)48-18-21(35)36)29(53-56(42,43)47-17-20(33)34)27(25)51-24(39)15-12-9-6-3/h25-30H,4-18H2,1-3H3,(H,31,32)(H,33,34)(H,35,36)(H,40,41)(H,42,43)(H,44,45)/t25-,26-,27+,28-,29-,30-/m0/s1. The van der Waals surface area contributed by atoms with Crippen molar-refractivity contribution in [3.63, 3.8) is 0 Å². The first-order valence-electron chi connectivity index (χ1n) is 17.8. The number of ether oxygens (including phenoxy) is 3. The number of carboxylic acids is 3. The number of phosphoric ester groups is 3. The van der Waals surface area contributed by atoms with Crippen molar-refractivity contribution in [1.82, 2.24) is 0 Å². The van der Waals surface area contributed by atoms with E-state index in [1.54, 1.807) is 20.8 Å². The monoisotopic (exact) mass is 888 g/mol. The first-order chi connectivity index (χ1) is 26.6. The van der Waals surface area contributed by atoms with Gasteiger partial charge in [0.05, 0.1) is 0 Å². The molecule has 1 saturated carbocycles. The third-order valence-corrected chi connectivity index (χ3v) is 10.4. The zero-order chi connectivity index (χ0) is 43.4. The number of carboxylic acid groups (broad SMARTS) is 3. The number of unbranched alkanes of at least 4 members (excludes halogenated alkanes) is 6. The summed E-state index contributed by atoms with van der Waals surface area (Å²) >= 11 is 0. The lowest BCUT2D eigenvalue weighted by Gasteiger charge is -2.48. The van der Waals surface area contributed by atoms with E-state index in [9.17, 15) is 57.1 Å². The molecule has 6 N–H and O–H groups in total. The lowest BCUT2D eigenvalue weighted by Crippen LogP contribution is -2.68. The molecule has 1 aliphatic carbocycles. The van der Waals surface area contributed by atoms with Crippen molar-refractivity contribution in [2.45, 2.75) is 134 Å². The van der Waals surface area contributed by atoms with E-state index in [1.165, 1.54) is 0 Å². The minimum atomic E-state index is -5.86. The minimum absolute atomic E-state index is 0.181. The summed E-state index contributed by atoms with van der Waals surface area (Å²) in [5, 5.41) is 27.2. The van der Waals surface area contributed by atoms with Gasteiger partial charge < -0.3 is 44.2 Å². The number of carbonyl (C=O) groups excluding carboxylic acids is 3. The van der Waals surface area contributed by atoms with Crippen LogP contribution in [-0.2, 0) is 83.8 Å². The van der Waals surface area contributed by atoms with Crippen molar-refractivity contribution < 1.29 is 114 Å². The smallest absolute Gasteiger partial charge is 0.473 e. The molecule has 0 aromatic carbocycles. The Morgan fingerprint density at radius 3 is 0.877 bits per heavy atom. The van der Waals surface area contributed by atoms with E-state index in [4.69, 9.17) is 43.1 Å². The molecule has 0 aromatic rings. The number of carbonyl (C=O) groups is 6. The third kappa shape index (κ3) is 21.1. The largest absolute Gasteiger partial charge is 0.480 e. The zero-order valence-electron chi connectivity index (χ0n) is 31.4. The molecule has 0 spiro atoms. The van der Waals surface area contributed by atoms with E-state index in [1.807, 2.05) is 0 Å². The Labute approximate surface area is 327 Å². The van der Waals surface area contributed by atoms with Crippen LogP contribution >= 0.6 is 23.5 Å². The van der Waals surface area contributed by atoms with E-state index in [-0.39, 0.29) is 38.5 Å². The summed E-state index contributed by atoms with van der Waals surface area (Å²) in [7, 11) is -17.5. The predicted octanol–water partition coefficient (Wildman–Crippen LogP) is 3.24. The molecule has 0 aliphatic heterocycles. The third-order valence-electron chi connectivity index (χ3n) is 7.52. The topological polar surface area (TPSA) is 358 Å². The van der Waals surface area contributed by atoms with E-state index in [0.717, 1.165) is 0 Å². The minimum Gasteiger partial charge on any atom is -0.480 e. The SMILES string of the molecule is CCCCCC(=O)O[C@@H]1[C@@H](OC(=O)CCCCC)[C@H](OP(=O)(O)OCC(=O)O)[C@@H](OP(=O)(O)OCC(=O)O)[C@@H](OP(=O)(O)OCC(=O)O)[C@H]1OC(=O)CCCCC. The van der Waals surface area contributed by atoms with Crippen molar-refractivity contribution in [2.24, 2.45) is 0 Å². The van der Waals surface area contributed by atoms with Crippen LogP contribution in [0.3, 0.4) is 0 Å². The number of phosphoric acid groups is 3.